The van der Waals surface area contributed by atoms with E-state index in [1.807, 2.05) is 24.3 Å². The number of benzene rings is 1. The highest BCUT2D eigenvalue weighted by molar-refractivity contribution is 5.96. The van der Waals surface area contributed by atoms with Gasteiger partial charge >= 0.3 is 5.97 Å². The first kappa shape index (κ1) is 16.0. The summed E-state index contributed by atoms with van der Waals surface area (Å²) in [7, 11) is 0. The summed E-state index contributed by atoms with van der Waals surface area (Å²) in [5.41, 5.74) is 7.72. The quantitative estimate of drug-likeness (QED) is 0.592. The number of nitrogens with two attached hydrogens (primary N) is 1. The van der Waals surface area contributed by atoms with Gasteiger partial charge in [0.15, 0.2) is 0 Å². The first-order valence-electron chi connectivity index (χ1n) is 7.14. The minimum absolute atomic E-state index is 0.0787. The third-order valence-corrected chi connectivity index (χ3v) is 3.63. The molecule has 5 N–H and O–H groups in total. The average Bonchev–Trinajstić information content (AvgIpc) is 2.87. The first-order valence-corrected chi connectivity index (χ1v) is 7.14. The molecule has 1 fully saturated rings. The van der Waals surface area contributed by atoms with Crippen LogP contribution in [0.1, 0.15) is 24.8 Å². The summed E-state index contributed by atoms with van der Waals surface area (Å²) in [6, 6.07) is 6.81. The van der Waals surface area contributed by atoms with Gasteiger partial charge in [0.25, 0.3) is 0 Å². The molecular weight excluding hydrogens is 286 g/mol. The van der Waals surface area contributed by atoms with Gasteiger partial charge in [0.1, 0.15) is 6.04 Å². The van der Waals surface area contributed by atoms with Crippen LogP contribution in [0.3, 0.4) is 0 Å². The van der Waals surface area contributed by atoms with E-state index in [0.717, 1.165) is 18.5 Å². The minimum Gasteiger partial charge on any atom is -0.480 e. The number of amides is 2. The molecule has 7 nitrogen and oxygen atoms in total. The molecule has 22 heavy (non-hydrogen) atoms. The molecule has 2 atom stereocenters. The number of hydrogen-bond donors (Lipinski definition) is 4. The van der Waals surface area contributed by atoms with Crippen LogP contribution in [-0.2, 0) is 20.8 Å². The molecule has 1 saturated heterocycles. The number of hydrogen-bond acceptors (Lipinski definition) is 4. The number of fused-ring (bicyclic) bond motifs is 1. The maximum atomic E-state index is 11.3. The average molecular weight is 305 g/mol. The Bertz CT molecular complexity index is 588. The fourth-order valence-electron chi connectivity index (χ4n) is 2.33. The number of carboxylic acids is 1. The molecule has 2 amide bonds. The fourth-order valence-corrected chi connectivity index (χ4v) is 2.33. The summed E-state index contributed by atoms with van der Waals surface area (Å²) in [5, 5.41) is 13.4. The molecule has 0 aromatic heterocycles. The lowest BCUT2D eigenvalue weighted by Crippen LogP contribution is -2.34. The smallest absolute Gasteiger partial charge is 0.326 e. The molecule has 0 radical (unpaired) electrons. The second-order valence-electron chi connectivity index (χ2n) is 5.29. The zero-order chi connectivity index (χ0) is 16.1. The van der Waals surface area contributed by atoms with E-state index >= 15 is 0 Å². The van der Waals surface area contributed by atoms with Crippen molar-refractivity contribution in [2.24, 2.45) is 5.73 Å². The molecule has 7 heteroatoms. The van der Waals surface area contributed by atoms with Crippen LogP contribution >= 0.6 is 0 Å². The number of rotatable bonds is 1. The topological polar surface area (TPSA) is 122 Å². The fraction of sp³-hybridized carbons (Fsp3) is 0.400. The van der Waals surface area contributed by atoms with Crippen molar-refractivity contribution in [2.45, 2.75) is 37.8 Å². The third-order valence-electron chi connectivity index (χ3n) is 3.63. The highest BCUT2D eigenvalue weighted by Gasteiger charge is 2.26. The Morgan fingerprint density at radius 3 is 2.50 bits per heavy atom. The van der Waals surface area contributed by atoms with Crippen molar-refractivity contribution in [3.05, 3.63) is 29.8 Å². The van der Waals surface area contributed by atoms with Crippen molar-refractivity contribution >= 4 is 23.5 Å². The Balaban J connectivity index is 0.000000172. The van der Waals surface area contributed by atoms with Gasteiger partial charge in [-0.15, -0.1) is 0 Å². The van der Waals surface area contributed by atoms with Crippen LogP contribution in [0.2, 0.25) is 0 Å². The van der Waals surface area contributed by atoms with E-state index in [0.29, 0.717) is 12.8 Å². The SMILES string of the molecule is N[C@@H]1CCc2ccccc2NC1=O.O=C1CC[C@H](C(=O)O)N1. The van der Waals surface area contributed by atoms with E-state index < -0.39 is 12.0 Å². The second-order valence-corrected chi connectivity index (χ2v) is 5.29. The van der Waals surface area contributed by atoms with Crippen molar-refractivity contribution in [3.8, 4) is 0 Å². The largest absolute Gasteiger partial charge is 0.480 e. The summed E-state index contributed by atoms with van der Waals surface area (Å²) in [6.07, 6.45) is 2.37. The molecule has 118 valence electrons. The number of carboxylic acid groups (broad SMARTS) is 1. The van der Waals surface area contributed by atoms with Gasteiger partial charge in [0.2, 0.25) is 11.8 Å². The van der Waals surface area contributed by atoms with Crippen LogP contribution in [0.4, 0.5) is 5.69 Å². The van der Waals surface area contributed by atoms with Crippen molar-refractivity contribution in [1.82, 2.24) is 5.32 Å². The van der Waals surface area contributed by atoms with Crippen molar-refractivity contribution in [3.63, 3.8) is 0 Å². The number of carbonyl (C=O) groups excluding carboxylic acids is 2. The second kappa shape index (κ2) is 7.04. The van der Waals surface area contributed by atoms with Crippen LogP contribution in [-0.4, -0.2) is 35.0 Å². The molecular formula is C15H19N3O4. The zero-order valence-electron chi connectivity index (χ0n) is 12.0. The van der Waals surface area contributed by atoms with Gasteiger partial charge in [-0.3, -0.25) is 9.59 Å². The standard InChI is InChI=1S/C10H12N2O.C5H7NO3/c11-8-6-5-7-3-1-2-4-9(7)12-10(8)13;7-4-2-1-3(6-4)5(8)9/h1-4,8H,5-6,11H2,(H,12,13);3H,1-2H2,(H,6,7)(H,8,9)/t8-;3-/m11/s1. The van der Waals surface area contributed by atoms with E-state index in [1.54, 1.807) is 0 Å². The highest BCUT2D eigenvalue weighted by Crippen LogP contribution is 2.20. The summed E-state index contributed by atoms with van der Waals surface area (Å²) in [6.45, 7) is 0. The summed E-state index contributed by atoms with van der Waals surface area (Å²) >= 11 is 0. The lowest BCUT2D eigenvalue weighted by Gasteiger charge is -2.06. The third kappa shape index (κ3) is 4.05. The van der Waals surface area contributed by atoms with Crippen LogP contribution in [0.15, 0.2) is 24.3 Å². The van der Waals surface area contributed by atoms with Gasteiger partial charge in [-0.25, -0.2) is 4.79 Å². The van der Waals surface area contributed by atoms with E-state index in [1.165, 1.54) is 5.56 Å². The van der Waals surface area contributed by atoms with Crippen LogP contribution in [0.5, 0.6) is 0 Å². The predicted molar refractivity (Wildman–Crippen MR) is 80.2 cm³/mol. The van der Waals surface area contributed by atoms with Gasteiger partial charge in [-0.05, 0) is 30.9 Å². The number of carbonyl (C=O) groups is 3. The molecule has 0 unspecified atom stereocenters. The van der Waals surface area contributed by atoms with E-state index in [-0.39, 0.29) is 17.9 Å². The van der Waals surface area contributed by atoms with Gasteiger partial charge in [-0.1, -0.05) is 18.2 Å². The lowest BCUT2D eigenvalue weighted by atomic mass is 10.1. The summed E-state index contributed by atoms with van der Waals surface area (Å²) in [4.78, 5) is 31.9. The van der Waals surface area contributed by atoms with Gasteiger partial charge in [-0.2, -0.15) is 0 Å². The van der Waals surface area contributed by atoms with Crippen molar-refractivity contribution < 1.29 is 19.5 Å². The molecule has 0 aliphatic carbocycles. The predicted octanol–water partition coefficient (Wildman–Crippen LogP) is 0.248. The van der Waals surface area contributed by atoms with Crippen LogP contribution in [0.25, 0.3) is 0 Å². The van der Waals surface area contributed by atoms with Crippen LogP contribution < -0.4 is 16.4 Å². The number of aliphatic carboxylic acids is 1. The molecule has 0 spiro atoms. The monoisotopic (exact) mass is 305 g/mol. The zero-order valence-corrected chi connectivity index (χ0v) is 12.0. The molecule has 0 bridgehead atoms. The Morgan fingerprint density at radius 2 is 1.91 bits per heavy atom. The summed E-state index contributed by atoms with van der Waals surface area (Å²) in [5.74, 6) is -1.19. The van der Waals surface area contributed by atoms with Gasteiger partial charge in [0.05, 0.1) is 6.04 Å². The van der Waals surface area contributed by atoms with E-state index in [2.05, 4.69) is 10.6 Å². The maximum absolute atomic E-state index is 11.3. The van der Waals surface area contributed by atoms with Gasteiger partial charge in [0, 0.05) is 12.1 Å². The van der Waals surface area contributed by atoms with Crippen molar-refractivity contribution in [2.75, 3.05) is 5.32 Å². The molecule has 3 rings (SSSR count). The molecule has 2 aliphatic rings. The van der Waals surface area contributed by atoms with Crippen molar-refractivity contribution in [1.29, 1.82) is 0 Å². The van der Waals surface area contributed by atoms with E-state index in [4.69, 9.17) is 10.8 Å². The number of aryl methyl sites for hydroxylation is 1. The first-order chi connectivity index (χ1) is 10.5. The number of nitrogens with one attached hydrogen (secondary N) is 2. The van der Waals surface area contributed by atoms with Crippen LogP contribution in [0, 0.1) is 0 Å². The van der Waals surface area contributed by atoms with Gasteiger partial charge < -0.3 is 21.5 Å². The lowest BCUT2D eigenvalue weighted by molar-refractivity contribution is -0.140. The Kier molecular flexibility index (Phi) is 5.11. The molecule has 2 aliphatic heterocycles. The Hall–Kier alpha value is -2.41. The maximum Gasteiger partial charge on any atom is 0.326 e. The molecule has 2 heterocycles. The molecule has 0 saturated carbocycles. The summed E-state index contributed by atoms with van der Waals surface area (Å²) < 4.78 is 0. The minimum atomic E-state index is -0.944. The number of anilines is 1. The Morgan fingerprint density at radius 1 is 1.18 bits per heavy atom. The Labute approximate surface area is 127 Å². The normalized spacial score (nSPS) is 23.3. The number of para-hydroxylation sites is 1. The van der Waals surface area contributed by atoms with E-state index in [9.17, 15) is 14.4 Å². The molecule has 1 aromatic carbocycles. The highest BCUT2D eigenvalue weighted by atomic mass is 16.4. The molecule has 1 aromatic rings.